The molecule has 0 aliphatic rings. The van der Waals surface area contributed by atoms with Crippen molar-refractivity contribution in [3.63, 3.8) is 0 Å². The van der Waals surface area contributed by atoms with E-state index < -0.39 is 0 Å². The molecule has 0 saturated heterocycles. The molecule has 0 radical (unpaired) electrons. The molecule has 4 heterocycles. The van der Waals surface area contributed by atoms with E-state index >= 15 is 0 Å². The molecule has 2 N–H and O–H groups in total. The molecule has 0 spiro atoms. The van der Waals surface area contributed by atoms with Crippen LogP contribution in [0.15, 0.2) is 73.1 Å². The maximum absolute atomic E-state index is 10.4. The van der Waals surface area contributed by atoms with E-state index in [1.807, 2.05) is 73.1 Å². The molecular formula is C23H16N4O2PtS2. The van der Waals surface area contributed by atoms with Gasteiger partial charge in [-0.3, -0.25) is 0 Å². The summed E-state index contributed by atoms with van der Waals surface area (Å²) in [7, 11) is 0. The Labute approximate surface area is 205 Å². The van der Waals surface area contributed by atoms with E-state index in [4.69, 9.17) is 0 Å². The van der Waals surface area contributed by atoms with Gasteiger partial charge in [0, 0.05) is 60.1 Å². The minimum atomic E-state index is 0. The van der Waals surface area contributed by atoms with E-state index in [1.54, 1.807) is 9.36 Å². The molecule has 6 aromatic rings. The zero-order valence-corrected chi connectivity index (χ0v) is 20.4. The van der Waals surface area contributed by atoms with Gasteiger partial charge in [-0.25, -0.2) is 9.36 Å². The fourth-order valence-electron chi connectivity index (χ4n) is 3.83. The van der Waals surface area contributed by atoms with Gasteiger partial charge in [0.1, 0.15) is 11.4 Å². The first-order valence-corrected chi connectivity index (χ1v) is 11.3. The van der Waals surface area contributed by atoms with Crippen molar-refractivity contribution in [2.24, 2.45) is 0 Å². The number of rotatable bonds is 4. The van der Waals surface area contributed by atoms with E-state index in [0.29, 0.717) is 17.8 Å². The van der Waals surface area contributed by atoms with Gasteiger partial charge in [-0.1, -0.05) is 59.1 Å². The van der Waals surface area contributed by atoms with Gasteiger partial charge in [-0.2, -0.15) is 10.2 Å². The van der Waals surface area contributed by atoms with Gasteiger partial charge in [-0.15, -0.1) is 0 Å². The van der Waals surface area contributed by atoms with Gasteiger partial charge < -0.3 is 10.2 Å². The monoisotopic (exact) mass is 639 g/mol. The van der Waals surface area contributed by atoms with Gasteiger partial charge in [-0.05, 0) is 24.3 Å². The van der Waals surface area contributed by atoms with Gasteiger partial charge in [0.15, 0.2) is 10.1 Å². The molecule has 0 bridgehead atoms. The van der Waals surface area contributed by atoms with Crippen molar-refractivity contribution in [2.75, 3.05) is 0 Å². The van der Waals surface area contributed by atoms with Gasteiger partial charge in [0.25, 0.3) is 0 Å². The third-order valence-corrected chi connectivity index (χ3v) is 7.14. The number of benzene rings is 2. The third kappa shape index (κ3) is 3.45. The van der Waals surface area contributed by atoms with E-state index in [9.17, 15) is 10.2 Å². The van der Waals surface area contributed by atoms with Crippen LogP contribution in [0.5, 0.6) is 10.1 Å². The van der Waals surface area contributed by atoms with Crippen LogP contribution < -0.4 is 0 Å². The molecule has 4 aromatic heterocycles. The second-order valence-corrected chi connectivity index (χ2v) is 9.25. The molecule has 0 aliphatic heterocycles. The van der Waals surface area contributed by atoms with Crippen molar-refractivity contribution in [3.05, 3.63) is 84.4 Å². The minimum absolute atomic E-state index is 0. The van der Waals surface area contributed by atoms with Crippen molar-refractivity contribution in [1.82, 2.24) is 19.6 Å². The van der Waals surface area contributed by atoms with Crippen LogP contribution in [0, 0.1) is 0 Å². The summed E-state index contributed by atoms with van der Waals surface area (Å²) in [5, 5.41) is 32.6. The molecule has 2 aromatic carbocycles. The summed E-state index contributed by atoms with van der Waals surface area (Å²) in [5.74, 6) is 0. The maximum atomic E-state index is 10.4. The SMILES string of the molecule is Oc1sc2ccccc2c1-n1ccc(Cc2ccn(-c3c(O)sc4ccccc34)n2)n1.[Pt]. The van der Waals surface area contributed by atoms with Gasteiger partial charge in [0.2, 0.25) is 0 Å². The van der Waals surface area contributed by atoms with Crippen molar-refractivity contribution >= 4 is 42.8 Å². The molecule has 0 aliphatic carbocycles. The Balaban J connectivity index is 0.00000216. The van der Waals surface area contributed by atoms with Gasteiger partial charge >= 0.3 is 0 Å². The molecule has 32 heavy (non-hydrogen) atoms. The molecule has 0 saturated carbocycles. The summed E-state index contributed by atoms with van der Waals surface area (Å²) in [4.78, 5) is 0. The van der Waals surface area contributed by atoms with E-state index in [1.165, 1.54) is 22.7 Å². The number of thiophene rings is 2. The van der Waals surface area contributed by atoms with Crippen LogP contribution in [0.4, 0.5) is 0 Å². The number of aromatic hydroxyl groups is 2. The summed E-state index contributed by atoms with van der Waals surface area (Å²) >= 11 is 2.69. The largest absolute Gasteiger partial charge is 0.498 e. The Morgan fingerprint density at radius 2 is 1.09 bits per heavy atom. The van der Waals surface area contributed by atoms with Crippen LogP contribution >= 0.6 is 22.7 Å². The van der Waals surface area contributed by atoms with Crippen molar-refractivity contribution < 1.29 is 31.3 Å². The Bertz CT molecular complexity index is 1450. The molecule has 0 atom stereocenters. The zero-order chi connectivity index (χ0) is 20.9. The molecular weight excluding hydrogens is 623 g/mol. The van der Waals surface area contributed by atoms with Crippen LogP contribution in [0.25, 0.3) is 31.5 Å². The van der Waals surface area contributed by atoms with Crippen LogP contribution in [0.3, 0.4) is 0 Å². The minimum Gasteiger partial charge on any atom is -0.498 e. The van der Waals surface area contributed by atoms with Crippen LogP contribution in [-0.4, -0.2) is 29.8 Å². The second-order valence-electron chi connectivity index (χ2n) is 7.18. The molecule has 6 rings (SSSR count). The first kappa shape index (κ1) is 20.9. The fourth-order valence-corrected chi connectivity index (χ4v) is 5.69. The number of nitrogens with zero attached hydrogens (tertiary/aromatic N) is 4. The van der Waals surface area contributed by atoms with Crippen molar-refractivity contribution in [1.29, 1.82) is 0 Å². The Kier molecular flexibility index (Phi) is 5.37. The first-order valence-electron chi connectivity index (χ1n) is 9.68. The average Bonchev–Trinajstić information content (AvgIpc) is 3.52. The molecule has 0 amide bonds. The predicted octanol–water partition coefficient (Wildman–Crippen LogP) is 5.49. The van der Waals surface area contributed by atoms with Crippen LogP contribution in [-0.2, 0) is 27.5 Å². The summed E-state index contributed by atoms with van der Waals surface area (Å²) in [6.07, 6.45) is 4.27. The van der Waals surface area contributed by atoms with Crippen LogP contribution in [0.1, 0.15) is 11.4 Å². The van der Waals surface area contributed by atoms with Crippen molar-refractivity contribution in [2.45, 2.75) is 6.42 Å². The maximum Gasteiger partial charge on any atom is 0.198 e. The van der Waals surface area contributed by atoms with E-state index in [0.717, 1.165) is 31.6 Å². The first-order chi connectivity index (χ1) is 15.2. The molecule has 0 unspecified atom stereocenters. The summed E-state index contributed by atoms with van der Waals surface area (Å²) in [6, 6.07) is 19.7. The van der Waals surface area contributed by atoms with Crippen molar-refractivity contribution in [3.8, 4) is 21.5 Å². The smallest absolute Gasteiger partial charge is 0.198 e. The molecule has 9 heteroatoms. The molecule has 6 nitrogen and oxygen atoms in total. The normalized spacial score (nSPS) is 11.2. The topological polar surface area (TPSA) is 76.1 Å². The average molecular weight is 640 g/mol. The molecule has 0 fully saturated rings. The van der Waals surface area contributed by atoms with Gasteiger partial charge in [0.05, 0.1) is 11.4 Å². The number of hydrogen-bond acceptors (Lipinski definition) is 6. The predicted molar refractivity (Wildman–Crippen MR) is 124 cm³/mol. The second kappa shape index (κ2) is 8.20. The molecule has 162 valence electrons. The Hall–Kier alpha value is -2.93. The van der Waals surface area contributed by atoms with E-state index in [2.05, 4.69) is 10.2 Å². The summed E-state index contributed by atoms with van der Waals surface area (Å²) in [5.41, 5.74) is 3.10. The number of hydrogen-bond donors (Lipinski definition) is 2. The number of aromatic nitrogens is 4. The van der Waals surface area contributed by atoms with Crippen LogP contribution in [0.2, 0.25) is 0 Å². The Morgan fingerprint density at radius 3 is 1.56 bits per heavy atom. The third-order valence-electron chi connectivity index (χ3n) is 5.21. The standard InChI is InChI=1S/C23H16N4O2S2.Pt/c28-22-20(16-5-1-3-7-18(16)30-22)26-11-9-14(24-26)13-15-10-12-27(25-15)21-17-6-2-4-8-19(17)31-23(21)29;/h1-12,28-29H,13H2;. The Morgan fingerprint density at radius 1 is 0.656 bits per heavy atom. The van der Waals surface area contributed by atoms with E-state index in [-0.39, 0.29) is 31.2 Å². The fraction of sp³-hybridized carbons (Fsp3) is 0.0435. The zero-order valence-electron chi connectivity index (χ0n) is 16.5. The summed E-state index contributed by atoms with van der Waals surface area (Å²) < 4.78 is 5.49. The summed E-state index contributed by atoms with van der Waals surface area (Å²) in [6.45, 7) is 0. The quantitative estimate of drug-likeness (QED) is 0.268. The number of fused-ring (bicyclic) bond motifs is 2.